The van der Waals surface area contributed by atoms with Crippen molar-refractivity contribution >= 4 is 16.1 Å². The Morgan fingerprint density at radius 3 is 1.88 bits per heavy atom. The Balaban J connectivity index is 4.36. The summed E-state index contributed by atoms with van der Waals surface area (Å²) in [4.78, 5) is 11.5. The van der Waals surface area contributed by atoms with Crippen molar-refractivity contribution in [2.45, 2.75) is 39.9 Å². The topological polar surface area (TPSA) is 69.7 Å². The van der Waals surface area contributed by atoms with E-state index in [4.69, 9.17) is 8.92 Å². The van der Waals surface area contributed by atoms with Crippen molar-refractivity contribution in [1.29, 1.82) is 0 Å². The maximum Gasteiger partial charge on any atom is 0.326 e. The van der Waals surface area contributed by atoms with Crippen molar-refractivity contribution in [3.05, 3.63) is 0 Å². The van der Waals surface area contributed by atoms with Gasteiger partial charge in [-0.15, -0.1) is 0 Å². The van der Waals surface area contributed by atoms with Crippen LogP contribution in [0.1, 0.15) is 34.6 Å². The van der Waals surface area contributed by atoms with Crippen LogP contribution in [-0.2, 0) is 23.8 Å². The first-order valence-electron chi connectivity index (χ1n) is 5.71. The predicted octanol–water partition coefficient (Wildman–Crippen LogP) is 1.58. The number of rotatable bonds is 7. The van der Waals surface area contributed by atoms with Gasteiger partial charge in [0.15, 0.2) is 5.25 Å². The van der Waals surface area contributed by atoms with E-state index in [1.54, 1.807) is 0 Å². The van der Waals surface area contributed by atoms with Crippen molar-refractivity contribution in [1.82, 2.24) is 0 Å². The molecule has 5 nitrogen and oxygen atoms in total. The lowest BCUT2D eigenvalue weighted by Gasteiger charge is -2.14. The monoisotopic (exact) mass is 266 g/mol. The minimum Gasteiger partial charge on any atom is -0.464 e. The van der Waals surface area contributed by atoms with Crippen molar-refractivity contribution in [3.63, 3.8) is 0 Å². The van der Waals surface area contributed by atoms with Crippen LogP contribution in [0.5, 0.6) is 0 Å². The van der Waals surface area contributed by atoms with Gasteiger partial charge in [-0.2, -0.15) is 8.42 Å². The number of hydrogen-bond donors (Lipinski definition) is 0. The average molecular weight is 266 g/mol. The molecule has 6 heteroatoms. The molecule has 0 radical (unpaired) electrons. The molecule has 0 aliphatic heterocycles. The van der Waals surface area contributed by atoms with Gasteiger partial charge in [0.05, 0.1) is 13.2 Å². The van der Waals surface area contributed by atoms with E-state index in [9.17, 15) is 13.2 Å². The number of esters is 1. The quantitative estimate of drug-likeness (QED) is 0.517. The molecule has 0 fully saturated rings. The summed E-state index contributed by atoms with van der Waals surface area (Å²) in [6.45, 7) is 8.98. The highest BCUT2D eigenvalue weighted by Gasteiger charge is 2.30. The zero-order valence-electron chi connectivity index (χ0n) is 11.1. The Kier molecular flexibility index (Phi) is 6.70. The van der Waals surface area contributed by atoms with Crippen LogP contribution in [0.25, 0.3) is 0 Å². The maximum absolute atomic E-state index is 11.6. The Bertz CT molecular complexity index is 332. The molecule has 0 saturated heterocycles. The molecule has 0 aliphatic carbocycles. The fourth-order valence-corrected chi connectivity index (χ4v) is 1.79. The Labute approximate surface area is 104 Å². The predicted molar refractivity (Wildman–Crippen MR) is 65.0 cm³/mol. The van der Waals surface area contributed by atoms with Gasteiger partial charge in [0.25, 0.3) is 10.1 Å². The fourth-order valence-electron chi connectivity index (χ4n) is 0.817. The molecule has 0 aromatic rings. The Morgan fingerprint density at radius 2 is 1.47 bits per heavy atom. The van der Waals surface area contributed by atoms with Crippen LogP contribution >= 0.6 is 0 Å². The number of ether oxygens (including phenoxy) is 1. The molecule has 1 unspecified atom stereocenters. The van der Waals surface area contributed by atoms with Gasteiger partial charge in [0, 0.05) is 0 Å². The number of hydrogen-bond acceptors (Lipinski definition) is 5. The molecular formula is C11H22O5S. The van der Waals surface area contributed by atoms with Gasteiger partial charge in [-0.05, 0) is 18.8 Å². The summed E-state index contributed by atoms with van der Waals surface area (Å²) in [7, 11) is -3.88. The number of carbonyl (C=O) groups is 1. The van der Waals surface area contributed by atoms with Gasteiger partial charge in [-0.1, -0.05) is 27.7 Å². The molecule has 102 valence electrons. The minimum absolute atomic E-state index is 0.0735. The first kappa shape index (κ1) is 16.4. The van der Waals surface area contributed by atoms with Crippen molar-refractivity contribution in [3.8, 4) is 0 Å². The first-order valence-corrected chi connectivity index (χ1v) is 7.18. The third-order valence-electron chi connectivity index (χ3n) is 1.89. The molecule has 1 atom stereocenters. The van der Waals surface area contributed by atoms with Gasteiger partial charge in [0.2, 0.25) is 0 Å². The molecule has 0 rings (SSSR count). The lowest BCUT2D eigenvalue weighted by molar-refractivity contribution is -0.144. The van der Waals surface area contributed by atoms with Crippen molar-refractivity contribution in [2.75, 3.05) is 13.2 Å². The molecule has 17 heavy (non-hydrogen) atoms. The van der Waals surface area contributed by atoms with Crippen LogP contribution in [0.3, 0.4) is 0 Å². The highest BCUT2D eigenvalue weighted by molar-refractivity contribution is 7.88. The van der Waals surface area contributed by atoms with E-state index in [2.05, 4.69) is 0 Å². The van der Waals surface area contributed by atoms with E-state index in [-0.39, 0.29) is 25.0 Å². The SMILES string of the molecule is CC(C)COC(=O)C(C)S(=O)(=O)OCC(C)C. The van der Waals surface area contributed by atoms with E-state index in [1.807, 2.05) is 27.7 Å². The van der Waals surface area contributed by atoms with Crippen LogP contribution in [0.2, 0.25) is 0 Å². The van der Waals surface area contributed by atoms with E-state index >= 15 is 0 Å². The minimum atomic E-state index is -3.88. The molecule has 0 saturated carbocycles. The molecule has 0 amide bonds. The lowest BCUT2D eigenvalue weighted by Crippen LogP contribution is -2.32. The van der Waals surface area contributed by atoms with Gasteiger partial charge in [0.1, 0.15) is 0 Å². The Hall–Kier alpha value is -0.620. The van der Waals surface area contributed by atoms with E-state index in [0.29, 0.717) is 0 Å². The molecule has 0 aromatic carbocycles. The van der Waals surface area contributed by atoms with Crippen LogP contribution in [0.15, 0.2) is 0 Å². The lowest BCUT2D eigenvalue weighted by atomic mass is 10.2. The molecule has 0 N–H and O–H groups in total. The maximum atomic E-state index is 11.6. The second kappa shape index (κ2) is 6.96. The molecule has 0 heterocycles. The van der Waals surface area contributed by atoms with Crippen LogP contribution in [-0.4, -0.2) is 32.9 Å². The highest BCUT2D eigenvalue weighted by Crippen LogP contribution is 2.09. The highest BCUT2D eigenvalue weighted by atomic mass is 32.2. The molecule has 0 bridgehead atoms. The van der Waals surface area contributed by atoms with Gasteiger partial charge in [-0.25, -0.2) is 0 Å². The summed E-state index contributed by atoms with van der Waals surface area (Å²) in [5, 5.41) is -1.28. The van der Waals surface area contributed by atoms with E-state index in [0.717, 1.165) is 0 Å². The summed E-state index contributed by atoms with van der Waals surface area (Å²) in [5.41, 5.74) is 0. The van der Waals surface area contributed by atoms with Crippen LogP contribution in [0, 0.1) is 11.8 Å². The summed E-state index contributed by atoms with van der Waals surface area (Å²) in [6.07, 6.45) is 0. The third-order valence-corrected chi connectivity index (χ3v) is 3.41. The largest absolute Gasteiger partial charge is 0.464 e. The van der Waals surface area contributed by atoms with Crippen molar-refractivity contribution in [2.24, 2.45) is 11.8 Å². The van der Waals surface area contributed by atoms with E-state index in [1.165, 1.54) is 6.92 Å². The normalized spacial score (nSPS) is 14.1. The second-order valence-corrected chi connectivity index (χ2v) is 6.77. The molecule has 0 spiro atoms. The molecule has 0 aliphatic rings. The zero-order chi connectivity index (χ0) is 13.6. The van der Waals surface area contributed by atoms with Gasteiger partial charge < -0.3 is 4.74 Å². The standard InChI is InChI=1S/C11H22O5S/c1-8(2)6-15-11(12)10(5)17(13,14)16-7-9(3)4/h8-10H,6-7H2,1-5H3. The number of carbonyl (C=O) groups excluding carboxylic acids is 1. The van der Waals surface area contributed by atoms with Crippen LogP contribution in [0.4, 0.5) is 0 Å². The van der Waals surface area contributed by atoms with Gasteiger partial charge in [-0.3, -0.25) is 8.98 Å². The average Bonchev–Trinajstić information content (AvgIpc) is 2.22. The second-order valence-electron chi connectivity index (χ2n) is 4.84. The van der Waals surface area contributed by atoms with E-state index < -0.39 is 21.3 Å². The van der Waals surface area contributed by atoms with Gasteiger partial charge >= 0.3 is 5.97 Å². The third kappa shape index (κ3) is 6.63. The molecular weight excluding hydrogens is 244 g/mol. The summed E-state index contributed by atoms with van der Waals surface area (Å²) < 4.78 is 32.8. The Morgan fingerprint density at radius 1 is 1.00 bits per heavy atom. The zero-order valence-corrected chi connectivity index (χ0v) is 11.9. The first-order chi connectivity index (χ1) is 7.66. The summed E-state index contributed by atoms with van der Waals surface area (Å²) in [6, 6.07) is 0. The molecule has 0 aromatic heterocycles. The fraction of sp³-hybridized carbons (Fsp3) is 0.909. The van der Waals surface area contributed by atoms with Crippen molar-refractivity contribution < 1.29 is 22.1 Å². The smallest absolute Gasteiger partial charge is 0.326 e. The summed E-state index contributed by atoms with van der Waals surface area (Å²) in [5.74, 6) is -0.503. The van der Waals surface area contributed by atoms with Crippen LogP contribution < -0.4 is 0 Å². The summed E-state index contributed by atoms with van der Waals surface area (Å²) >= 11 is 0.